The third-order valence-corrected chi connectivity index (χ3v) is 1.21. The summed E-state index contributed by atoms with van der Waals surface area (Å²) in [6.07, 6.45) is 1.69. The highest BCUT2D eigenvalue weighted by molar-refractivity contribution is 5.22. The van der Waals surface area contributed by atoms with Crippen LogP contribution >= 0.6 is 0 Å². The van der Waals surface area contributed by atoms with Crippen LogP contribution in [0.5, 0.6) is 0 Å². The van der Waals surface area contributed by atoms with E-state index in [1.807, 2.05) is 6.07 Å². The van der Waals surface area contributed by atoms with Gasteiger partial charge in [0.1, 0.15) is 5.83 Å². The Balaban J connectivity index is 4.34. The van der Waals surface area contributed by atoms with Gasteiger partial charge < -0.3 is 0 Å². The van der Waals surface area contributed by atoms with E-state index < -0.39 is 0 Å². The fraction of sp³-hybridized carbons (Fsp3) is 0.444. The molecule has 0 saturated carbocycles. The molecule has 0 aliphatic heterocycles. The van der Waals surface area contributed by atoms with Crippen LogP contribution in [0.15, 0.2) is 23.0 Å². The van der Waals surface area contributed by atoms with Crippen LogP contribution in [0.4, 0.5) is 4.39 Å². The van der Waals surface area contributed by atoms with E-state index in [-0.39, 0.29) is 5.83 Å². The van der Waals surface area contributed by atoms with Gasteiger partial charge in [-0.15, -0.1) is 0 Å². The average Bonchev–Trinajstić information content (AvgIpc) is 1.87. The number of hydrogen-bond donors (Lipinski definition) is 0. The Bertz CT molecular complexity index is 226. The summed E-state index contributed by atoms with van der Waals surface area (Å²) in [5.41, 5.74) is 1.40. The SMILES string of the molecule is CC(=CC(F)=C(C)C)CC#N. The first kappa shape index (κ1) is 9.90. The third-order valence-electron chi connectivity index (χ3n) is 1.21. The summed E-state index contributed by atoms with van der Waals surface area (Å²) in [5, 5.41) is 8.26. The molecule has 0 radical (unpaired) electrons. The average molecular weight is 153 g/mol. The molecule has 0 aromatic heterocycles. The van der Waals surface area contributed by atoms with Gasteiger partial charge in [0, 0.05) is 0 Å². The molecule has 0 unspecified atom stereocenters. The first-order valence-electron chi connectivity index (χ1n) is 3.45. The topological polar surface area (TPSA) is 23.8 Å². The molecular formula is C9H12FN. The molecule has 0 spiro atoms. The predicted molar refractivity (Wildman–Crippen MR) is 43.5 cm³/mol. The smallest absolute Gasteiger partial charge is 0.121 e. The zero-order valence-electron chi connectivity index (χ0n) is 7.11. The van der Waals surface area contributed by atoms with Gasteiger partial charge in [-0.2, -0.15) is 5.26 Å². The number of allylic oxidation sites excluding steroid dienone is 4. The highest BCUT2D eigenvalue weighted by Gasteiger charge is 1.93. The Labute approximate surface area is 66.8 Å². The van der Waals surface area contributed by atoms with E-state index in [4.69, 9.17) is 5.26 Å². The Morgan fingerprint density at radius 2 is 2.00 bits per heavy atom. The van der Waals surface area contributed by atoms with Crippen molar-refractivity contribution in [3.63, 3.8) is 0 Å². The van der Waals surface area contributed by atoms with Gasteiger partial charge in [-0.05, 0) is 32.4 Å². The molecule has 0 aliphatic carbocycles. The molecule has 0 aliphatic rings. The molecule has 1 nitrogen and oxygen atoms in total. The molecule has 0 aromatic carbocycles. The largest absolute Gasteiger partial charge is 0.207 e. The normalized spacial score (nSPS) is 10.6. The summed E-state index contributed by atoms with van der Waals surface area (Å²) >= 11 is 0. The van der Waals surface area contributed by atoms with Crippen LogP contribution in [-0.2, 0) is 0 Å². The molecule has 11 heavy (non-hydrogen) atoms. The maximum Gasteiger partial charge on any atom is 0.121 e. The second-order valence-electron chi connectivity index (χ2n) is 2.67. The van der Waals surface area contributed by atoms with Crippen molar-refractivity contribution < 1.29 is 4.39 Å². The summed E-state index contributed by atoms with van der Waals surface area (Å²) in [6.45, 7) is 5.14. The van der Waals surface area contributed by atoms with Gasteiger partial charge >= 0.3 is 0 Å². The van der Waals surface area contributed by atoms with E-state index in [1.54, 1.807) is 20.8 Å². The van der Waals surface area contributed by atoms with Crippen LogP contribution in [0.2, 0.25) is 0 Å². The van der Waals surface area contributed by atoms with Gasteiger partial charge in [0.2, 0.25) is 0 Å². The third kappa shape index (κ3) is 4.32. The fourth-order valence-corrected chi connectivity index (χ4v) is 0.536. The predicted octanol–water partition coefficient (Wildman–Crippen LogP) is 3.11. The fourth-order valence-electron chi connectivity index (χ4n) is 0.536. The van der Waals surface area contributed by atoms with Crippen molar-refractivity contribution >= 4 is 0 Å². The zero-order valence-corrected chi connectivity index (χ0v) is 7.11. The molecule has 0 aromatic rings. The maximum atomic E-state index is 12.8. The first-order valence-corrected chi connectivity index (χ1v) is 3.45. The summed E-state index contributed by atoms with van der Waals surface area (Å²) < 4.78 is 12.8. The van der Waals surface area contributed by atoms with Crippen molar-refractivity contribution in [1.82, 2.24) is 0 Å². The molecule has 2 heteroatoms. The van der Waals surface area contributed by atoms with Gasteiger partial charge in [0.05, 0.1) is 12.5 Å². The molecular weight excluding hydrogens is 141 g/mol. The van der Waals surface area contributed by atoms with Gasteiger partial charge in [0.15, 0.2) is 0 Å². The van der Waals surface area contributed by atoms with E-state index >= 15 is 0 Å². The lowest BCUT2D eigenvalue weighted by atomic mass is 10.2. The lowest BCUT2D eigenvalue weighted by molar-refractivity contribution is 0.652. The quantitative estimate of drug-likeness (QED) is 0.559. The second kappa shape index (κ2) is 4.68. The summed E-state index contributed by atoms with van der Waals surface area (Å²) in [7, 11) is 0. The summed E-state index contributed by atoms with van der Waals surface area (Å²) in [4.78, 5) is 0. The van der Waals surface area contributed by atoms with Gasteiger partial charge in [-0.3, -0.25) is 0 Å². The van der Waals surface area contributed by atoms with E-state index in [0.29, 0.717) is 12.0 Å². The Morgan fingerprint density at radius 1 is 1.45 bits per heavy atom. The van der Waals surface area contributed by atoms with Crippen LogP contribution in [0, 0.1) is 11.3 Å². The maximum absolute atomic E-state index is 12.8. The number of halogens is 1. The van der Waals surface area contributed by atoms with Crippen molar-refractivity contribution in [1.29, 1.82) is 5.26 Å². The number of nitriles is 1. The molecule has 0 fully saturated rings. The van der Waals surface area contributed by atoms with E-state index in [2.05, 4.69) is 0 Å². The minimum Gasteiger partial charge on any atom is -0.207 e. The van der Waals surface area contributed by atoms with Crippen LogP contribution in [0.3, 0.4) is 0 Å². The second-order valence-corrected chi connectivity index (χ2v) is 2.67. The highest BCUT2D eigenvalue weighted by atomic mass is 19.1. The molecule has 0 N–H and O–H groups in total. The Hall–Kier alpha value is -1.10. The number of nitrogens with zero attached hydrogens (tertiary/aromatic N) is 1. The lowest BCUT2D eigenvalue weighted by Gasteiger charge is -1.93. The van der Waals surface area contributed by atoms with Crippen LogP contribution in [0.1, 0.15) is 27.2 Å². The van der Waals surface area contributed by atoms with E-state index in [0.717, 1.165) is 5.57 Å². The van der Waals surface area contributed by atoms with Gasteiger partial charge in [-0.25, -0.2) is 4.39 Å². The molecule has 0 heterocycles. The van der Waals surface area contributed by atoms with Crippen molar-refractivity contribution in [3.05, 3.63) is 23.0 Å². The monoisotopic (exact) mass is 153 g/mol. The van der Waals surface area contributed by atoms with Crippen molar-refractivity contribution in [2.24, 2.45) is 0 Å². The minimum absolute atomic E-state index is 0.238. The standard InChI is InChI=1S/C9H12FN/c1-7(2)9(10)6-8(3)4-5-11/h6H,4H2,1-3H3. The van der Waals surface area contributed by atoms with Crippen LogP contribution < -0.4 is 0 Å². The van der Waals surface area contributed by atoms with E-state index in [9.17, 15) is 4.39 Å². The van der Waals surface area contributed by atoms with Crippen molar-refractivity contribution in [2.75, 3.05) is 0 Å². The molecule has 0 amide bonds. The van der Waals surface area contributed by atoms with Gasteiger partial charge in [0.25, 0.3) is 0 Å². The summed E-state index contributed by atoms with van der Waals surface area (Å²) in [6, 6.07) is 1.95. The molecule has 0 rings (SSSR count). The van der Waals surface area contributed by atoms with E-state index in [1.165, 1.54) is 6.08 Å². The van der Waals surface area contributed by atoms with Crippen molar-refractivity contribution in [3.8, 4) is 6.07 Å². The Kier molecular flexibility index (Phi) is 4.21. The lowest BCUT2D eigenvalue weighted by Crippen LogP contribution is -1.77. The minimum atomic E-state index is -0.238. The molecule has 0 saturated heterocycles. The highest BCUT2D eigenvalue weighted by Crippen LogP contribution is 2.10. The zero-order chi connectivity index (χ0) is 8.85. The number of hydrogen-bond acceptors (Lipinski definition) is 1. The number of rotatable bonds is 2. The first-order chi connectivity index (χ1) is 5.07. The molecule has 0 bridgehead atoms. The molecule has 0 atom stereocenters. The van der Waals surface area contributed by atoms with Gasteiger partial charge in [-0.1, -0.05) is 5.57 Å². The molecule has 60 valence electrons. The van der Waals surface area contributed by atoms with Crippen LogP contribution in [0.25, 0.3) is 0 Å². The summed E-state index contributed by atoms with van der Waals surface area (Å²) in [5.74, 6) is -0.238. The Morgan fingerprint density at radius 3 is 2.36 bits per heavy atom. The van der Waals surface area contributed by atoms with Crippen molar-refractivity contribution in [2.45, 2.75) is 27.2 Å². The van der Waals surface area contributed by atoms with Crippen LogP contribution in [-0.4, -0.2) is 0 Å².